The fourth-order valence-electron chi connectivity index (χ4n) is 5.07. The van der Waals surface area contributed by atoms with Crippen LogP contribution in [0.15, 0.2) is 103 Å². The first-order valence-corrected chi connectivity index (χ1v) is 13.2. The molecule has 6 aromatic rings. The Balaban J connectivity index is 1.35. The summed E-state index contributed by atoms with van der Waals surface area (Å²) in [7, 11) is 0. The first-order valence-electron chi connectivity index (χ1n) is 12.4. The Morgan fingerprint density at radius 3 is 1.95 bits per heavy atom. The van der Waals surface area contributed by atoms with Gasteiger partial charge in [0.25, 0.3) is 0 Å². The van der Waals surface area contributed by atoms with Gasteiger partial charge >= 0.3 is 6.18 Å². The maximum absolute atomic E-state index is 13.4. The van der Waals surface area contributed by atoms with Crippen LogP contribution < -0.4 is 0 Å². The van der Waals surface area contributed by atoms with Crippen molar-refractivity contribution >= 4 is 50.1 Å². The molecule has 4 nitrogen and oxygen atoms in total. The van der Waals surface area contributed by atoms with E-state index in [9.17, 15) is 22.8 Å². The van der Waals surface area contributed by atoms with Crippen LogP contribution in [0.5, 0.6) is 0 Å². The third-order valence-electron chi connectivity index (χ3n) is 7.03. The van der Waals surface area contributed by atoms with Crippen molar-refractivity contribution in [1.82, 2.24) is 9.55 Å². The predicted octanol–water partition coefficient (Wildman–Crippen LogP) is 8.39. The van der Waals surface area contributed by atoms with Gasteiger partial charge in [0.05, 0.1) is 16.7 Å². The van der Waals surface area contributed by atoms with E-state index in [1.807, 2.05) is 65.2 Å². The number of Topliss-reactive ketones (excluding diaryl/α,β-unsaturated/α-hetero) is 2. The van der Waals surface area contributed by atoms with E-state index < -0.39 is 11.7 Å². The monoisotopic (exact) mass is 550 g/mol. The van der Waals surface area contributed by atoms with E-state index in [4.69, 9.17) is 4.98 Å². The molecule has 0 bridgehead atoms. The summed E-state index contributed by atoms with van der Waals surface area (Å²) in [6.45, 7) is 0. The number of rotatable bonds is 3. The van der Waals surface area contributed by atoms with Crippen LogP contribution >= 0.6 is 11.3 Å². The molecule has 0 saturated heterocycles. The van der Waals surface area contributed by atoms with Crippen LogP contribution in [0.25, 0.3) is 43.3 Å². The van der Waals surface area contributed by atoms with Crippen molar-refractivity contribution in [2.45, 2.75) is 6.18 Å². The summed E-state index contributed by atoms with van der Waals surface area (Å²) < 4.78 is 41.0. The number of thiophene rings is 1. The molecular weight excluding hydrogens is 533 g/mol. The number of carbonyl (C=O) groups excluding carboxylic acids is 2. The average Bonchev–Trinajstić information content (AvgIpc) is 3.58. The van der Waals surface area contributed by atoms with Crippen LogP contribution in [0.3, 0.4) is 0 Å². The lowest BCUT2D eigenvalue weighted by molar-refractivity contribution is -0.137. The Bertz CT molecular complexity index is 1960. The number of para-hydroxylation sites is 1. The molecule has 0 atom stereocenters. The van der Waals surface area contributed by atoms with E-state index in [1.165, 1.54) is 29.5 Å². The van der Waals surface area contributed by atoms with Crippen molar-refractivity contribution < 1.29 is 22.8 Å². The Hall–Kier alpha value is -4.82. The summed E-state index contributed by atoms with van der Waals surface area (Å²) in [6, 6.07) is 27.4. The Morgan fingerprint density at radius 2 is 1.35 bits per heavy atom. The minimum Gasteiger partial charge on any atom is -0.292 e. The predicted molar refractivity (Wildman–Crippen MR) is 150 cm³/mol. The highest BCUT2D eigenvalue weighted by Crippen LogP contribution is 2.38. The number of allylic oxidation sites excluding steroid dienone is 1. The number of nitrogens with zero attached hydrogens (tertiary/aromatic N) is 2. The van der Waals surface area contributed by atoms with Gasteiger partial charge in [0.1, 0.15) is 10.7 Å². The van der Waals surface area contributed by atoms with Crippen LogP contribution in [0, 0.1) is 0 Å². The maximum Gasteiger partial charge on any atom is 0.416 e. The van der Waals surface area contributed by atoms with Gasteiger partial charge in [-0.1, -0.05) is 54.6 Å². The van der Waals surface area contributed by atoms with Gasteiger partial charge in [-0.3, -0.25) is 14.2 Å². The van der Waals surface area contributed by atoms with E-state index in [0.29, 0.717) is 27.3 Å². The molecule has 2 heterocycles. The fraction of sp³-hybridized carbons (Fsp3) is 0.0312. The number of benzene rings is 4. The number of fused-ring (bicyclic) bond motifs is 3. The Morgan fingerprint density at radius 1 is 0.750 bits per heavy atom. The van der Waals surface area contributed by atoms with Crippen LogP contribution in [-0.4, -0.2) is 21.1 Å². The SMILES string of the molecule is O=C1C(=Cc2nc3sc(-c4ccc(C(F)(F)F)cc4)cc3n2-c2ccccc2)C(=O)c2cc3ccccc3cc21. The van der Waals surface area contributed by atoms with Gasteiger partial charge in [-0.05, 0) is 64.9 Å². The largest absolute Gasteiger partial charge is 0.416 e. The van der Waals surface area contributed by atoms with E-state index in [-0.39, 0.29) is 17.1 Å². The molecule has 0 N–H and O–H groups in total. The normalized spacial score (nSPS) is 13.4. The quantitative estimate of drug-likeness (QED) is 0.164. The molecule has 0 saturated carbocycles. The Labute approximate surface area is 229 Å². The second-order valence-electron chi connectivity index (χ2n) is 9.48. The second kappa shape index (κ2) is 8.86. The van der Waals surface area contributed by atoms with Crippen LogP contribution in [0.4, 0.5) is 13.2 Å². The number of alkyl halides is 3. The van der Waals surface area contributed by atoms with Gasteiger partial charge in [-0.25, -0.2) is 4.98 Å². The highest BCUT2D eigenvalue weighted by Gasteiger charge is 2.34. The molecule has 0 fully saturated rings. The van der Waals surface area contributed by atoms with E-state index in [0.717, 1.165) is 39.0 Å². The molecule has 40 heavy (non-hydrogen) atoms. The minimum atomic E-state index is -4.41. The summed E-state index contributed by atoms with van der Waals surface area (Å²) in [5.74, 6) is -0.273. The molecule has 0 radical (unpaired) electrons. The molecule has 8 heteroatoms. The van der Waals surface area contributed by atoms with Crippen LogP contribution in [0.1, 0.15) is 32.1 Å². The number of hydrogen-bond donors (Lipinski definition) is 0. The van der Waals surface area contributed by atoms with E-state index >= 15 is 0 Å². The van der Waals surface area contributed by atoms with Crippen molar-refractivity contribution in [2.24, 2.45) is 0 Å². The molecule has 1 aliphatic rings. The smallest absolute Gasteiger partial charge is 0.292 e. The molecule has 4 aromatic carbocycles. The van der Waals surface area contributed by atoms with Gasteiger partial charge in [0, 0.05) is 21.7 Å². The first kappa shape index (κ1) is 24.2. The molecule has 1 aliphatic carbocycles. The highest BCUT2D eigenvalue weighted by molar-refractivity contribution is 7.21. The Kier molecular flexibility index (Phi) is 5.37. The second-order valence-corrected chi connectivity index (χ2v) is 10.5. The van der Waals surface area contributed by atoms with Crippen LogP contribution in [-0.2, 0) is 6.18 Å². The van der Waals surface area contributed by atoms with Crippen molar-refractivity contribution in [3.8, 4) is 16.1 Å². The lowest BCUT2D eigenvalue weighted by Gasteiger charge is -2.08. The van der Waals surface area contributed by atoms with E-state index in [2.05, 4.69) is 0 Å². The number of aromatic nitrogens is 2. The maximum atomic E-state index is 13.4. The van der Waals surface area contributed by atoms with Gasteiger partial charge in [0.2, 0.25) is 0 Å². The van der Waals surface area contributed by atoms with Crippen molar-refractivity contribution in [2.75, 3.05) is 0 Å². The highest BCUT2D eigenvalue weighted by atomic mass is 32.1. The average molecular weight is 551 g/mol. The van der Waals surface area contributed by atoms with Crippen molar-refractivity contribution in [3.05, 3.63) is 125 Å². The molecule has 0 aliphatic heterocycles. The molecule has 0 amide bonds. The standard InChI is InChI=1S/C32H17F3N2O2S/c33-32(34,35)21-12-10-18(11-13-21)27-17-26-31(40-27)36-28(37(26)22-8-2-1-3-9-22)16-25-29(38)23-14-19-6-4-5-7-20(19)15-24(23)30(25)39/h1-17H. The first-order chi connectivity index (χ1) is 19.3. The molecule has 0 spiro atoms. The number of imidazole rings is 1. The van der Waals surface area contributed by atoms with Gasteiger partial charge in [-0.2, -0.15) is 13.2 Å². The zero-order valence-electron chi connectivity index (χ0n) is 20.6. The third kappa shape index (κ3) is 3.87. The van der Waals surface area contributed by atoms with Crippen LogP contribution in [0.2, 0.25) is 0 Å². The summed E-state index contributed by atoms with van der Waals surface area (Å²) in [4.78, 5) is 32.9. The number of halogens is 3. The summed E-state index contributed by atoms with van der Waals surface area (Å²) in [5, 5.41) is 1.76. The minimum absolute atomic E-state index is 0.0445. The lowest BCUT2D eigenvalue weighted by atomic mass is 10.0. The number of carbonyl (C=O) groups is 2. The zero-order valence-corrected chi connectivity index (χ0v) is 21.4. The zero-order chi connectivity index (χ0) is 27.6. The van der Waals surface area contributed by atoms with E-state index in [1.54, 1.807) is 12.1 Å². The molecular formula is C32H17F3N2O2S. The summed E-state index contributed by atoms with van der Waals surface area (Å²) >= 11 is 1.33. The lowest BCUT2D eigenvalue weighted by Crippen LogP contribution is -2.04. The number of hydrogen-bond acceptors (Lipinski definition) is 4. The van der Waals surface area contributed by atoms with Crippen molar-refractivity contribution in [3.63, 3.8) is 0 Å². The topological polar surface area (TPSA) is 52.0 Å². The molecule has 0 unspecified atom stereocenters. The molecule has 7 rings (SSSR count). The third-order valence-corrected chi connectivity index (χ3v) is 8.10. The van der Waals surface area contributed by atoms with Gasteiger partial charge in [-0.15, -0.1) is 11.3 Å². The molecule has 2 aromatic heterocycles. The van der Waals surface area contributed by atoms with Gasteiger partial charge < -0.3 is 0 Å². The summed E-state index contributed by atoms with van der Waals surface area (Å²) in [5.41, 5.74) is 2.22. The molecule has 194 valence electrons. The fourth-order valence-corrected chi connectivity index (χ4v) is 6.10. The van der Waals surface area contributed by atoms with Crippen molar-refractivity contribution in [1.29, 1.82) is 0 Å². The van der Waals surface area contributed by atoms with Gasteiger partial charge in [0.15, 0.2) is 11.6 Å². The summed E-state index contributed by atoms with van der Waals surface area (Å²) in [6.07, 6.45) is -2.87. The number of ketones is 2.